The quantitative estimate of drug-likeness (QED) is 0.544. The van der Waals surface area contributed by atoms with Crippen molar-refractivity contribution in [3.8, 4) is 11.3 Å². The number of hydrogen-bond acceptors (Lipinski definition) is 4. The van der Waals surface area contributed by atoms with Crippen LogP contribution in [-0.4, -0.2) is 22.7 Å². The van der Waals surface area contributed by atoms with Gasteiger partial charge in [-0.1, -0.05) is 48.8 Å². The van der Waals surface area contributed by atoms with Gasteiger partial charge < -0.3 is 9.84 Å². The molecule has 0 atom stereocenters. The van der Waals surface area contributed by atoms with Gasteiger partial charge in [0.1, 0.15) is 17.0 Å². The topological polar surface area (TPSA) is 79.2 Å². The van der Waals surface area contributed by atoms with Gasteiger partial charge in [0, 0.05) is 12.1 Å². The van der Waals surface area contributed by atoms with E-state index in [1.54, 1.807) is 25.1 Å². The fourth-order valence-corrected chi connectivity index (χ4v) is 2.55. The zero-order valence-corrected chi connectivity index (χ0v) is 15.9. The van der Waals surface area contributed by atoms with Gasteiger partial charge in [-0.25, -0.2) is 0 Å². The molecule has 0 fully saturated rings. The molecule has 0 aliphatic rings. The number of carbonyl (C=O) groups excluding carboxylic acids is 1. The number of benzene rings is 1. The average Bonchev–Trinajstić information content (AvgIpc) is 2.94. The Labute approximate surface area is 157 Å². The third-order valence-corrected chi connectivity index (χ3v) is 4.09. The molecule has 2 aromatic rings. The summed E-state index contributed by atoms with van der Waals surface area (Å²) in [4.78, 5) is 12.5. The fraction of sp³-hybridized carbons (Fsp3) is 0.353. The summed E-state index contributed by atoms with van der Waals surface area (Å²) in [5, 5.41) is 7.84. The van der Waals surface area contributed by atoms with Crippen molar-refractivity contribution in [3.63, 3.8) is 0 Å². The first-order valence-corrected chi connectivity index (χ1v) is 8.74. The zero-order valence-electron chi connectivity index (χ0n) is 14.4. The lowest BCUT2D eigenvalue weighted by Crippen LogP contribution is -2.47. The van der Waals surface area contributed by atoms with Gasteiger partial charge in [0.05, 0.1) is 5.02 Å². The summed E-state index contributed by atoms with van der Waals surface area (Å²) in [6.45, 7) is 6.66. The summed E-state index contributed by atoms with van der Waals surface area (Å²) < 4.78 is 5.18. The van der Waals surface area contributed by atoms with E-state index in [0.29, 0.717) is 38.6 Å². The molecule has 0 radical (unpaired) electrons. The van der Waals surface area contributed by atoms with E-state index in [4.69, 9.17) is 28.3 Å². The van der Waals surface area contributed by atoms with Crippen LogP contribution in [0.3, 0.4) is 0 Å². The second-order valence-electron chi connectivity index (χ2n) is 5.96. The Morgan fingerprint density at radius 2 is 2.04 bits per heavy atom. The Morgan fingerprint density at radius 3 is 2.72 bits per heavy atom. The SMILES string of the molecule is Cc1onc(-c2ccccc2Cl)c1C(=O)NNC(=S)NCCC(C)C. The molecule has 0 unspecified atom stereocenters. The summed E-state index contributed by atoms with van der Waals surface area (Å²) in [7, 11) is 0. The number of nitrogens with zero attached hydrogens (tertiary/aromatic N) is 1. The molecule has 0 saturated carbocycles. The normalized spacial score (nSPS) is 10.6. The molecule has 3 N–H and O–H groups in total. The Balaban J connectivity index is 2.04. The molecule has 25 heavy (non-hydrogen) atoms. The number of carbonyl (C=O) groups is 1. The van der Waals surface area contributed by atoms with Crippen LogP contribution in [0.25, 0.3) is 11.3 Å². The first-order chi connectivity index (χ1) is 11.9. The van der Waals surface area contributed by atoms with E-state index in [0.717, 1.165) is 13.0 Å². The van der Waals surface area contributed by atoms with Crippen LogP contribution >= 0.6 is 23.8 Å². The first-order valence-electron chi connectivity index (χ1n) is 7.95. The summed E-state index contributed by atoms with van der Waals surface area (Å²) in [5.41, 5.74) is 6.57. The minimum atomic E-state index is -0.401. The number of rotatable bonds is 5. The molecule has 1 amide bonds. The maximum atomic E-state index is 12.5. The Kier molecular flexibility index (Phi) is 6.78. The molecule has 0 saturated heterocycles. The molecule has 1 aromatic heterocycles. The van der Waals surface area contributed by atoms with Crippen LogP contribution in [-0.2, 0) is 0 Å². The Morgan fingerprint density at radius 1 is 1.32 bits per heavy atom. The maximum absolute atomic E-state index is 12.5. The number of hydrogen-bond donors (Lipinski definition) is 3. The summed E-state index contributed by atoms with van der Waals surface area (Å²) in [6, 6.07) is 7.14. The minimum Gasteiger partial charge on any atom is -0.361 e. The Hall–Kier alpha value is -2.12. The van der Waals surface area contributed by atoms with E-state index in [1.807, 2.05) is 6.07 Å². The van der Waals surface area contributed by atoms with Crippen molar-refractivity contribution in [3.05, 3.63) is 40.6 Å². The third kappa shape index (κ3) is 5.17. The number of amides is 1. The molecule has 0 aliphatic heterocycles. The van der Waals surface area contributed by atoms with Crippen LogP contribution < -0.4 is 16.2 Å². The second kappa shape index (κ2) is 8.82. The Bertz CT molecular complexity index is 761. The fourth-order valence-electron chi connectivity index (χ4n) is 2.17. The summed E-state index contributed by atoms with van der Waals surface area (Å²) >= 11 is 11.3. The van der Waals surface area contributed by atoms with Crippen molar-refractivity contribution in [2.24, 2.45) is 5.92 Å². The molecule has 1 heterocycles. The van der Waals surface area contributed by atoms with E-state index in [2.05, 4.69) is 35.2 Å². The number of halogens is 1. The summed E-state index contributed by atoms with van der Waals surface area (Å²) in [5.74, 6) is 0.567. The number of aromatic nitrogens is 1. The molecule has 0 spiro atoms. The van der Waals surface area contributed by atoms with Gasteiger partial charge in [-0.2, -0.15) is 0 Å². The maximum Gasteiger partial charge on any atom is 0.275 e. The van der Waals surface area contributed by atoms with Crippen molar-refractivity contribution in [2.45, 2.75) is 27.2 Å². The van der Waals surface area contributed by atoms with E-state index in [-0.39, 0.29) is 0 Å². The largest absolute Gasteiger partial charge is 0.361 e. The zero-order chi connectivity index (χ0) is 18.4. The molecular formula is C17H21ClN4O2S. The highest BCUT2D eigenvalue weighted by Crippen LogP contribution is 2.30. The monoisotopic (exact) mass is 380 g/mol. The molecule has 6 nitrogen and oxygen atoms in total. The van der Waals surface area contributed by atoms with Crippen molar-refractivity contribution >= 4 is 34.8 Å². The standard InChI is InChI=1S/C17H21ClN4O2S/c1-10(2)8-9-19-17(25)21-20-16(23)14-11(3)24-22-15(14)12-6-4-5-7-13(12)18/h4-7,10H,8-9H2,1-3H3,(H,20,23)(H2,19,21,25). The van der Waals surface area contributed by atoms with Gasteiger partial charge in [0.15, 0.2) is 5.11 Å². The lowest BCUT2D eigenvalue weighted by Gasteiger charge is -2.12. The van der Waals surface area contributed by atoms with Crippen molar-refractivity contribution in [1.29, 1.82) is 0 Å². The van der Waals surface area contributed by atoms with E-state index >= 15 is 0 Å². The number of thiocarbonyl (C=S) groups is 1. The average molecular weight is 381 g/mol. The molecule has 8 heteroatoms. The first kappa shape index (κ1) is 19.2. The molecule has 2 rings (SSSR count). The van der Waals surface area contributed by atoms with Crippen LogP contribution in [0.1, 0.15) is 36.4 Å². The third-order valence-electron chi connectivity index (χ3n) is 3.52. The molecular weight excluding hydrogens is 360 g/mol. The van der Waals surface area contributed by atoms with Crippen molar-refractivity contribution in [1.82, 2.24) is 21.3 Å². The van der Waals surface area contributed by atoms with Crippen LogP contribution in [0.4, 0.5) is 0 Å². The van der Waals surface area contributed by atoms with E-state index in [9.17, 15) is 4.79 Å². The van der Waals surface area contributed by atoms with Gasteiger partial charge in [-0.3, -0.25) is 15.6 Å². The number of nitrogens with one attached hydrogen (secondary N) is 3. The lowest BCUT2D eigenvalue weighted by atomic mass is 10.1. The highest BCUT2D eigenvalue weighted by Gasteiger charge is 2.23. The van der Waals surface area contributed by atoms with Crippen LogP contribution in [0.5, 0.6) is 0 Å². The van der Waals surface area contributed by atoms with Crippen LogP contribution in [0.2, 0.25) is 5.02 Å². The predicted molar refractivity (Wildman–Crippen MR) is 102 cm³/mol. The molecule has 0 aliphatic carbocycles. The molecule has 134 valence electrons. The van der Waals surface area contributed by atoms with Crippen LogP contribution in [0, 0.1) is 12.8 Å². The van der Waals surface area contributed by atoms with E-state index < -0.39 is 5.91 Å². The predicted octanol–water partition coefficient (Wildman–Crippen LogP) is 3.46. The summed E-state index contributed by atoms with van der Waals surface area (Å²) in [6.07, 6.45) is 0.983. The van der Waals surface area contributed by atoms with Crippen LogP contribution in [0.15, 0.2) is 28.8 Å². The number of aryl methyl sites for hydroxylation is 1. The van der Waals surface area contributed by atoms with Crippen molar-refractivity contribution < 1.29 is 9.32 Å². The van der Waals surface area contributed by atoms with Gasteiger partial charge >= 0.3 is 0 Å². The minimum absolute atomic E-state index is 0.311. The molecule has 0 bridgehead atoms. The van der Waals surface area contributed by atoms with Gasteiger partial charge in [0.2, 0.25) is 0 Å². The van der Waals surface area contributed by atoms with Gasteiger partial charge in [-0.15, -0.1) is 0 Å². The highest BCUT2D eigenvalue weighted by molar-refractivity contribution is 7.80. The van der Waals surface area contributed by atoms with E-state index in [1.165, 1.54) is 0 Å². The second-order valence-corrected chi connectivity index (χ2v) is 6.78. The smallest absolute Gasteiger partial charge is 0.275 e. The van der Waals surface area contributed by atoms with Gasteiger partial charge in [-0.05, 0) is 37.5 Å². The number of hydrazine groups is 1. The van der Waals surface area contributed by atoms with Crippen molar-refractivity contribution in [2.75, 3.05) is 6.54 Å². The molecule has 1 aromatic carbocycles. The van der Waals surface area contributed by atoms with Gasteiger partial charge in [0.25, 0.3) is 5.91 Å². The highest BCUT2D eigenvalue weighted by atomic mass is 35.5. The lowest BCUT2D eigenvalue weighted by molar-refractivity contribution is 0.0942.